The lowest BCUT2D eigenvalue weighted by Crippen LogP contribution is -2.32. The first-order chi connectivity index (χ1) is 12.7. The van der Waals surface area contributed by atoms with Crippen molar-refractivity contribution in [3.63, 3.8) is 0 Å². The van der Waals surface area contributed by atoms with Crippen LogP contribution in [0.4, 0.5) is 0 Å². The van der Waals surface area contributed by atoms with Crippen molar-refractivity contribution in [2.75, 3.05) is 7.11 Å². The molecule has 0 aliphatic carbocycles. The predicted octanol–water partition coefficient (Wildman–Crippen LogP) is 4.59. The molecule has 1 aliphatic heterocycles. The van der Waals surface area contributed by atoms with Gasteiger partial charge >= 0.3 is 0 Å². The molecule has 3 rings (SSSR count). The number of methoxy groups -OCH3 is 1. The number of ether oxygens (including phenoxy) is 2. The zero-order valence-corrected chi connectivity index (χ0v) is 16.2. The number of rotatable bonds is 5. The van der Waals surface area contributed by atoms with Crippen LogP contribution in [-0.4, -0.2) is 28.7 Å². The first-order valence-corrected chi connectivity index (χ1v) is 9.16. The second kappa shape index (κ2) is 7.14. The second-order valence-corrected chi connectivity index (χ2v) is 7.76. The normalized spacial score (nSPS) is 16.1. The van der Waals surface area contributed by atoms with Crippen molar-refractivity contribution in [2.45, 2.75) is 51.6 Å². The van der Waals surface area contributed by atoms with Crippen molar-refractivity contribution in [3.05, 3.63) is 47.0 Å². The van der Waals surface area contributed by atoms with E-state index in [0.717, 1.165) is 12.0 Å². The molecule has 2 N–H and O–H groups in total. The second-order valence-electron chi connectivity index (χ2n) is 7.76. The SMILES string of the molecule is COc1cc2c(c(O)c1C(=O)CC(C)c1ccc(O)cc1)CCC(C)(C)O2. The number of ketones is 1. The van der Waals surface area contributed by atoms with Gasteiger partial charge in [0.15, 0.2) is 5.78 Å². The predicted molar refractivity (Wildman–Crippen MR) is 103 cm³/mol. The molecule has 0 fully saturated rings. The van der Waals surface area contributed by atoms with Crippen LogP contribution in [0.2, 0.25) is 0 Å². The van der Waals surface area contributed by atoms with E-state index >= 15 is 0 Å². The van der Waals surface area contributed by atoms with Crippen LogP contribution in [0, 0.1) is 0 Å². The van der Waals surface area contributed by atoms with Gasteiger partial charge in [-0.2, -0.15) is 0 Å². The van der Waals surface area contributed by atoms with E-state index in [1.165, 1.54) is 7.11 Å². The van der Waals surface area contributed by atoms with Crippen LogP contribution in [0.1, 0.15) is 61.0 Å². The highest BCUT2D eigenvalue weighted by Gasteiger charge is 2.32. The largest absolute Gasteiger partial charge is 0.508 e. The molecule has 0 aromatic heterocycles. The highest BCUT2D eigenvalue weighted by Crippen LogP contribution is 2.45. The monoisotopic (exact) mass is 370 g/mol. The van der Waals surface area contributed by atoms with E-state index in [0.29, 0.717) is 23.5 Å². The lowest BCUT2D eigenvalue weighted by molar-refractivity contribution is 0.0830. The first-order valence-electron chi connectivity index (χ1n) is 9.16. The maximum absolute atomic E-state index is 13.0. The van der Waals surface area contributed by atoms with E-state index < -0.39 is 0 Å². The van der Waals surface area contributed by atoms with Crippen LogP contribution in [0.5, 0.6) is 23.0 Å². The topological polar surface area (TPSA) is 76.0 Å². The molecular formula is C22H26O5. The summed E-state index contributed by atoms with van der Waals surface area (Å²) in [5.41, 5.74) is 1.51. The summed E-state index contributed by atoms with van der Waals surface area (Å²) in [6.07, 6.45) is 1.63. The number of aromatic hydroxyl groups is 2. The Kier molecular flexibility index (Phi) is 5.05. The Balaban J connectivity index is 1.91. The first kappa shape index (κ1) is 19.1. The van der Waals surface area contributed by atoms with Gasteiger partial charge in [-0.05, 0) is 50.3 Å². The van der Waals surface area contributed by atoms with E-state index in [4.69, 9.17) is 9.47 Å². The molecule has 5 nitrogen and oxygen atoms in total. The summed E-state index contributed by atoms with van der Waals surface area (Å²) in [6, 6.07) is 8.51. The van der Waals surface area contributed by atoms with Crippen LogP contribution in [-0.2, 0) is 6.42 Å². The van der Waals surface area contributed by atoms with E-state index in [1.807, 2.05) is 20.8 Å². The number of benzene rings is 2. The average molecular weight is 370 g/mol. The molecule has 0 saturated heterocycles. The molecule has 1 atom stereocenters. The van der Waals surface area contributed by atoms with E-state index in [9.17, 15) is 15.0 Å². The van der Waals surface area contributed by atoms with Crippen molar-refractivity contribution in [3.8, 4) is 23.0 Å². The highest BCUT2D eigenvalue weighted by molar-refractivity contribution is 6.02. The maximum Gasteiger partial charge on any atom is 0.170 e. The third kappa shape index (κ3) is 3.87. The number of fused-ring (bicyclic) bond motifs is 1. The maximum atomic E-state index is 13.0. The summed E-state index contributed by atoms with van der Waals surface area (Å²) < 4.78 is 11.4. The van der Waals surface area contributed by atoms with Crippen LogP contribution >= 0.6 is 0 Å². The van der Waals surface area contributed by atoms with Crippen molar-refractivity contribution in [2.24, 2.45) is 0 Å². The van der Waals surface area contributed by atoms with Gasteiger partial charge in [0, 0.05) is 18.1 Å². The summed E-state index contributed by atoms with van der Waals surface area (Å²) in [5, 5.41) is 20.2. The molecule has 27 heavy (non-hydrogen) atoms. The summed E-state index contributed by atoms with van der Waals surface area (Å²) in [4.78, 5) is 13.0. The molecular weight excluding hydrogens is 344 g/mol. The zero-order valence-electron chi connectivity index (χ0n) is 16.2. The van der Waals surface area contributed by atoms with E-state index in [-0.39, 0.29) is 40.8 Å². The minimum absolute atomic E-state index is 0.0391. The Bertz CT molecular complexity index is 852. The standard InChI is InChI=1S/C22H26O5/c1-13(14-5-7-15(23)8-6-14)11-17(24)20-19(26-4)12-18-16(21(20)25)9-10-22(2,3)27-18/h5-8,12-13,23,25H,9-11H2,1-4H3. The van der Waals surface area contributed by atoms with Crippen LogP contribution in [0.3, 0.4) is 0 Å². The van der Waals surface area contributed by atoms with Gasteiger partial charge in [0.1, 0.15) is 34.2 Å². The lowest BCUT2D eigenvalue weighted by Gasteiger charge is -2.33. The fraction of sp³-hybridized carbons (Fsp3) is 0.409. The molecule has 1 heterocycles. The molecule has 0 spiro atoms. The molecule has 0 amide bonds. The lowest BCUT2D eigenvalue weighted by atomic mass is 9.88. The number of Topliss-reactive ketones (excluding diaryl/α,β-unsaturated/α-hetero) is 1. The Morgan fingerprint density at radius 3 is 2.56 bits per heavy atom. The Labute approximate surface area is 159 Å². The van der Waals surface area contributed by atoms with Gasteiger partial charge < -0.3 is 19.7 Å². The molecule has 0 bridgehead atoms. The Morgan fingerprint density at radius 1 is 1.26 bits per heavy atom. The highest BCUT2D eigenvalue weighted by atomic mass is 16.5. The number of hydrogen-bond donors (Lipinski definition) is 2. The van der Waals surface area contributed by atoms with Crippen LogP contribution in [0.25, 0.3) is 0 Å². The van der Waals surface area contributed by atoms with Gasteiger partial charge in [0.05, 0.1) is 7.11 Å². The molecule has 2 aromatic rings. The molecule has 1 unspecified atom stereocenters. The third-order valence-corrected chi connectivity index (χ3v) is 5.14. The summed E-state index contributed by atoms with van der Waals surface area (Å²) >= 11 is 0. The minimum atomic E-state index is -0.316. The fourth-order valence-electron chi connectivity index (χ4n) is 3.50. The number of carbonyl (C=O) groups is 1. The number of hydrogen-bond acceptors (Lipinski definition) is 5. The number of carbonyl (C=O) groups excluding carboxylic acids is 1. The van der Waals surface area contributed by atoms with Crippen molar-refractivity contribution < 1.29 is 24.5 Å². The van der Waals surface area contributed by atoms with Gasteiger partial charge in [-0.15, -0.1) is 0 Å². The van der Waals surface area contributed by atoms with E-state index in [2.05, 4.69) is 0 Å². The summed E-state index contributed by atoms with van der Waals surface area (Å²) in [5.74, 6) is 0.804. The summed E-state index contributed by atoms with van der Waals surface area (Å²) in [7, 11) is 1.48. The zero-order chi connectivity index (χ0) is 19.8. The third-order valence-electron chi connectivity index (χ3n) is 5.14. The Hall–Kier alpha value is -2.69. The van der Waals surface area contributed by atoms with E-state index in [1.54, 1.807) is 30.3 Å². The molecule has 2 aromatic carbocycles. The van der Waals surface area contributed by atoms with Gasteiger partial charge in [-0.3, -0.25) is 4.79 Å². The van der Waals surface area contributed by atoms with Gasteiger partial charge in [-0.1, -0.05) is 19.1 Å². The Morgan fingerprint density at radius 2 is 1.93 bits per heavy atom. The molecule has 1 aliphatic rings. The smallest absolute Gasteiger partial charge is 0.170 e. The quantitative estimate of drug-likeness (QED) is 0.753. The van der Waals surface area contributed by atoms with Gasteiger partial charge in [0.2, 0.25) is 0 Å². The van der Waals surface area contributed by atoms with Crippen LogP contribution < -0.4 is 9.47 Å². The van der Waals surface area contributed by atoms with Crippen molar-refractivity contribution >= 4 is 5.78 Å². The molecule has 144 valence electrons. The van der Waals surface area contributed by atoms with Crippen LogP contribution in [0.15, 0.2) is 30.3 Å². The minimum Gasteiger partial charge on any atom is -0.508 e. The van der Waals surface area contributed by atoms with Crippen molar-refractivity contribution in [1.29, 1.82) is 0 Å². The number of phenolic OH excluding ortho intramolecular Hbond substituents is 2. The molecule has 0 saturated carbocycles. The summed E-state index contributed by atoms with van der Waals surface area (Å²) in [6.45, 7) is 5.94. The molecule has 0 radical (unpaired) electrons. The fourth-order valence-corrected chi connectivity index (χ4v) is 3.50. The van der Waals surface area contributed by atoms with Crippen molar-refractivity contribution in [1.82, 2.24) is 0 Å². The molecule has 5 heteroatoms. The average Bonchev–Trinajstić information content (AvgIpc) is 2.60. The van der Waals surface area contributed by atoms with Gasteiger partial charge in [0.25, 0.3) is 0 Å². The van der Waals surface area contributed by atoms with Gasteiger partial charge in [-0.25, -0.2) is 0 Å². The number of phenols is 2.